The number of halogens is 2. The average molecular weight is 430 g/mol. The minimum absolute atomic E-state index is 0. The van der Waals surface area contributed by atoms with E-state index >= 15 is 0 Å². The maximum Gasteiger partial charge on any atom is 0.248 e. The van der Waals surface area contributed by atoms with Gasteiger partial charge in [-0.3, -0.25) is 4.79 Å². The molecular weight excluding hydrogens is 401 g/mol. The first kappa shape index (κ1) is 24.1. The topological polar surface area (TPSA) is 96.8 Å². The number of piperidine rings is 1. The lowest BCUT2D eigenvalue weighted by atomic mass is 9.96. The molecule has 1 aromatic carbocycles. The van der Waals surface area contributed by atoms with Crippen LogP contribution in [0.2, 0.25) is 0 Å². The number of nitrogens with one attached hydrogen (secondary N) is 3. The van der Waals surface area contributed by atoms with Crippen molar-refractivity contribution in [3.8, 4) is 5.69 Å². The van der Waals surface area contributed by atoms with Crippen LogP contribution in [0.1, 0.15) is 32.6 Å². The van der Waals surface area contributed by atoms with Crippen molar-refractivity contribution in [3.63, 3.8) is 0 Å². The summed E-state index contributed by atoms with van der Waals surface area (Å²) in [6.45, 7) is 4.84. The number of tetrazole rings is 1. The maximum atomic E-state index is 12.5. The number of carbonyl (C=O) groups is 1. The van der Waals surface area contributed by atoms with Crippen LogP contribution in [-0.4, -0.2) is 51.8 Å². The minimum atomic E-state index is -0.368. The number of aromatic nitrogens is 4. The fraction of sp³-hybridized carbons (Fsp3) is 0.556. The number of carbonyl (C=O) groups excluding carboxylic acids is 1. The number of anilines is 1. The van der Waals surface area contributed by atoms with E-state index in [1.54, 1.807) is 4.68 Å². The minimum Gasteiger partial charge on any atom is -0.354 e. The van der Waals surface area contributed by atoms with Crippen molar-refractivity contribution in [1.82, 2.24) is 30.8 Å². The van der Waals surface area contributed by atoms with Crippen LogP contribution in [0.25, 0.3) is 5.69 Å². The predicted octanol–water partition coefficient (Wildman–Crippen LogP) is 2.20. The first-order valence-corrected chi connectivity index (χ1v) is 9.36. The predicted molar refractivity (Wildman–Crippen MR) is 115 cm³/mol. The lowest BCUT2D eigenvalue weighted by Gasteiger charge is -2.23. The largest absolute Gasteiger partial charge is 0.354 e. The van der Waals surface area contributed by atoms with Crippen molar-refractivity contribution in [2.24, 2.45) is 5.92 Å². The number of amides is 1. The molecule has 1 saturated heterocycles. The van der Waals surface area contributed by atoms with Crippen molar-refractivity contribution in [2.45, 2.75) is 38.6 Å². The van der Waals surface area contributed by atoms with E-state index in [0.29, 0.717) is 24.8 Å². The Hall–Kier alpha value is -1.90. The summed E-state index contributed by atoms with van der Waals surface area (Å²) in [4.78, 5) is 12.5. The summed E-state index contributed by atoms with van der Waals surface area (Å²) in [6, 6.07) is 9.25. The average Bonchev–Trinajstić information content (AvgIpc) is 3.15. The highest BCUT2D eigenvalue weighted by Crippen LogP contribution is 2.14. The van der Waals surface area contributed by atoms with Crippen LogP contribution >= 0.6 is 24.8 Å². The molecule has 0 aliphatic carbocycles. The molecule has 0 radical (unpaired) electrons. The Bertz CT molecular complexity index is 692. The van der Waals surface area contributed by atoms with Crippen LogP contribution in [0.4, 0.5) is 5.95 Å². The van der Waals surface area contributed by atoms with E-state index in [1.807, 2.05) is 37.3 Å². The molecule has 3 N–H and O–H groups in total. The van der Waals surface area contributed by atoms with Crippen LogP contribution in [0.3, 0.4) is 0 Å². The molecule has 1 amide bonds. The molecule has 1 fully saturated rings. The van der Waals surface area contributed by atoms with Crippen LogP contribution in [-0.2, 0) is 4.79 Å². The molecule has 2 aromatic rings. The van der Waals surface area contributed by atoms with E-state index in [0.717, 1.165) is 25.2 Å². The van der Waals surface area contributed by atoms with Gasteiger partial charge in [0.05, 0.1) is 5.69 Å². The number of benzene rings is 1. The lowest BCUT2D eigenvalue weighted by Crippen LogP contribution is -2.41. The van der Waals surface area contributed by atoms with E-state index in [9.17, 15) is 4.79 Å². The summed E-state index contributed by atoms with van der Waals surface area (Å²) < 4.78 is 1.60. The van der Waals surface area contributed by atoms with Gasteiger partial charge in [-0.05, 0) is 67.3 Å². The van der Waals surface area contributed by atoms with Crippen molar-refractivity contribution >= 4 is 36.7 Å². The molecule has 28 heavy (non-hydrogen) atoms. The third-order valence-electron chi connectivity index (χ3n) is 4.75. The summed E-state index contributed by atoms with van der Waals surface area (Å²) >= 11 is 0. The zero-order chi connectivity index (χ0) is 18.2. The monoisotopic (exact) mass is 429 g/mol. The molecule has 8 nitrogen and oxygen atoms in total. The number of hydrogen-bond donors (Lipinski definition) is 3. The number of nitrogens with zero attached hydrogens (tertiary/aromatic N) is 4. The van der Waals surface area contributed by atoms with E-state index in [1.165, 1.54) is 12.8 Å². The molecule has 0 saturated carbocycles. The van der Waals surface area contributed by atoms with Gasteiger partial charge in [0, 0.05) is 6.54 Å². The second-order valence-corrected chi connectivity index (χ2v) is 6.65. The van der Waals surface area contributed by atoms with Crippen molar-refractivity contribution < 1.29 is 4.79 Å². The van der Waals surface area contributed by atoms with E-state index in [-0.39, 0.29) is 36.8 Å². The van der Waals surface area contributed by atoms with Gasteiger partial charge >= 0.3 is 0 Å². The molecule has 1 aliphatic rings. The van der Waals surface area contributed by atoms with Crippen LogP contribution in [0.15, 0.2) is 30.3 Å². The van der Waals surface area contributed by atoms with Crippen molar-refractivity contribution in [1.29, 1.82) is 0 Å². The lowest BCUT2D eigenvalue weighted by molar-refractivity contribution is -0.121. The fourth-order valence-electron chi connectivity index (χ4n) is 3.22. The molecule has 1 aromatic heterocycles. The Balaban J connectivity index is 0.00000196. The van der Waals surface area contributed by atoms with E-state index < -0.39 is 0 Å². The molecular formula is C18H29Cl2N7O. The molecule has 0 spiro atoms. The maximum absolute atomic E-state index is 12.5. The molecule has 1 aliphatic heterocycles. The zero-order valence-corrected chi connectivity index (χ0v) is 17.6. The summed E-state index contributed by atoms with van der Waals surface area (Å²) in [5.41, 5.74) is 0.847. The Labute approximate surface area is 178 Å². The first-order valence-electron chi connectivity index (χ1n) is 9.36. The molecule has 10 heteroatoms. The van der Waals surface area contributed by atoms with Gasteiger partial charge in [-0.15, -0.1) is 24.8 Å². The summed E-state index contributed by atoms with van der Waals surface area (Å²) in [5, 5.41) is 21.4. The molecule has 3 rings (SSSR count). The highest BCUT2D eigenvalue weighted by molar-refractivity contribution is 5.85. The van der Waals surface area contributed by atoms with Crippen molar-refractivity contribution in [2.75, 3.05) is 25.0 Å². The first-order chi connectivity index (χ1) is 12.8. The van der Waals surface area contributed by atoms with Gasteiger partial charge in [0.2, 0.25) is 11.9 Å². The summed E-state index contributed by atoms with van der Waals surface area (Å²) in [7, 11) is 0. The van der Waals surface area contributed by atoms with E-state index in [2.05, 4.69) is 31.5 Å². The van der Waals surface area contributed by atoms with Gasteiger partial charge in [-0.25, -0.2) is 0 Å². The number of hydrogen-bond acceptors (Lipinski definition) is 6. The smallest absolute Gasteiger partial charge is 0.248 e. The Morgan fingerprint density at radius 3 is 2.79 bits per heavy atom. The van der Waals surface area contributed by atoms with Crippen LogP contribution in [0.5, 0.6) is 0 Å². The normalized spacial score (nSPS) is 17.0. The van der Waals surface area contributed by atoms with Gasteiger partial charge in [0.1, 0.15) is 6.04 Å². The quantitative estimate of drug-likeness (QED) is 0.594. The van der Waals surface area contributed by atoms with Gasteiger partial charge in [-0.1, -0.05) is 30.2 Å². The summed E-state index contributed by atoms with van der Waals surface area (Å²) in [5.74, 6) is 1.11. The third kappa shape index (κ3) is 6.61. The zero-order valence-electron chi connectivity index (χ0n) is 16.0. The number of rotatable bonds is 8. The van der Waals surface area contributed by atoms with Gasteiger partial charge < -0.3 is 16.0 Å². The molecule has 2 heterocycles. The molecule has 2 atom stereocenters. The van der Waals surface area contributed by atoms with Crippen LogP contribution in [0, 0.1) is 5.92 Å². The van der Waals surface area contributed by atoms with Gasteiger partial charge in [0.15, 0.2) is 0 Å². The van der Waals surface area contributed by atoms with E-state index in [4.69, 9.17) is 0 Å². The Morgan fingerprint density at radius 1 is 1.32 bits per heavy atom. The standard InChI is InChI=1S/C18H27N7O.2ClH/c1-2-16(17(26)20-12-10-14-7-6-11-19-13-14)21-18-22-23-24-25(18)15-8-4-3-5-9-15;;/h3-5,8-9,14,16,19H,2,6-7,10-13H2,1H3,(H,20,26)(H,21,22,24);2*1H. The molecule has 156 valence electrons. The van der Waals surface area contributed by atoms with Gasteiger partial charge in [-0.2, -0.15) is 4.68 Å². The molecule has 0 bridgehead atoms. The third-order valence-corrected chi connectivity index (χ3v) is 4.75. The van der Waals surface area contributed by atoms with Crippen molar-refractivity contribution in [3.05, 3.63) is 30.3 Å². The second kappa shape index (κ2) is 12.5. The fourth-order valence-corrected chi connectivity index (χ4v) is 3.22. The number of para-hydroxylation sites is 1. The SMILES string of the molecule is CCC(Nc1nnnn1-c1ccccc1)C(=O)NCCC1CCCNC1.Cl.Cl. The molecule has 2 unspecified atom stereocenters. The Kier molecular flexibility index (Phi) is 10.8. The summed E-state index contributed by atoms with van der Waals surface area (Å²) in [6.07, 6.45) is 4.12. The van der Waals surface area contributed by atoms with Gasteiger partial charge in [0.25, 0.3) is 0 Å². The second-order valence-electron chi connectivity index (χ2n) is 6.65. The highest BCUT2D eigenvalue weighted by atomic mass is 35.5. The van der Waals surface area contributed by atoms with Crippen LogP contribution < -0.4 is 16.0 Å². The highest BCUT2D eigenvalue weighted by Gasteiger charge is 2.20. The Morgan fingerprint density at radius 2 is 2.11 bits per heavy atom.